The number of hydrogen-bond acceptors (Lipinski definition) is 4. The molecule has 3 N–H and O–H groups in total. The molecule has 0 aromatic carbocycles. The Kier molecular flexibility index (Phi) is 2.36. The van der Waals surface area contributed by atoms with Gasteiger partial charge in [-0.3, -0.25) is 4.79 Å². The van der Waals surface area contributed by atoms with Gasteiger partial charge in [0.15, 0.2) is 0 Å². The van der Waals surface area contributed by atoms with Gasteiger partial charge in [0, 0.05) is 0 Å². The maximum atomic E-state index is 11.2. The summed E-state index contributed by atoms with van der Waals surface area (Å²) in [5.41, 5.74) is 5.34. The van der Waals surface area contributed by atoms with Crippen molar-refractivity contribution in [2.45, 2.75) is 6.92 Å². The molecule has 1 heterocycles. The first kappa shape index (κ1) is 9.31. The molecule has 5 nitrogen and oxygen atoms in total. The molecule has 0 unspecified atom stereocenters. The van der Waals surface area contributed by atoms with Gasteiger partial charge in [-0.05, 0) is 18.6 Å². The lowest BCUT2D eigenvalue weighted by atomic mass is 10.1. The van der Waals surface area contributed by atoms with E-state index in [4.69, 9.17) is 5.73 Å². The summed E-state index contributed by atoms with van der Waals surface area (Å²) in [4.78, 5) is 24.6. The first-order valence-corrected chi connectivity index (χ1v) is 3.64. The zero-order valence-corrected chi connectivity index (χ0v) is 7.38. The molecule has 0 spiro atoms. The number of anilines is 1. The highest BCUT2D eigenvalue weighted by molar-refractivity contribution is 5.90. The molecule has 0 bridgehead atoms. The predicted octanol–water partition coefficient (Wildman–Crippen LogP) is 0.0521. The van der Waals surface area contributed by atoms with E-state index in [2.05, 4.69) is 9.72 Å². The number of nitrogens with one attached hydrogen (secondary N) is 1. The lowest BCUT2D eigenvalue weighted by Gasteiger charge is -2.02. The Balaban J connectivity index is 3.38. The number of rotatable bonds is 1. The normalized spacial score (nSPS) is 9.69. The van der Waals surface area contributed by atoms with Crippen LogP contribution in [0.3, 0.4) is 0 Å². The lowest BCUT2D eigenvalue weighted by molar-refractivity contribution is 0.0598. The van der Waals surface area contributed by atoms with E-state index in [-0.39, 0.29) is 11.4 Å². The number of ether oxygens (including phenoxy) is 1. The van der Waals surface area contributed by atoms with E-state index in [9.17, 15) is 9.59 Å². The summed E-state index contributed by atoms with van der Waals surface area (Å²) >= 11 is 0. The average molecular weight is 182 g/mol. The molecular weight excluding hydrogens is 172 g/mol. The zero-order valence-electron chi connectivity index (χ0n) is 7.38. The van der Waals surface area contributed by atoms with E-state index in [0.717, 1.165) is 0 Å². The highest BCUT2D eigenvalue weighted by Gasteiger charge is 2.14. The number of carbonyl (C=O) groups is 1. The predicted molar refractivity (Wildman–Crippen MR) is 47.6 cm³/mol. The first-order valence-electron chi connectivity index (χ1n) is 3.64. The van der Waals surface area contributed by atoms with Crippen molar-refractivity contribution < 1.29 is 9.53 Å². The van der Waals surface area contributed by atoms with Gasteiger partial charge in [-0.1, -0.05) is 0 Å². The van der Waals surface area contributed by atoms with Crippen LogP contribution >= 0.6 is 0 Å². The molecule has 0 radical (unpaired) electrons. The molecule has 1 aromatic heterocycles. The minimum atomic E-state index is -0.654. The second kappa shape index (κ2) is 3.30. The molecule has 0 fully saturated rings. The largest absolute Gasteiger partial charge is 0.465 e. The van der Waals surface area contributed by atoms with Crippen LogP contribution in [0.25, 0.3) is 0 Å². The number of hydrogen-bond donors (Lipinski definition) is 2. The lowest BCUT2D eigenvalue weighted by Crippen LogP contribution is -2.21. The number of nitrogens with two attached hydrogens (primary N) is 1. The molecule has 5 heteroatoms. The molecule has 70 valence electrons. The van der Waals surface area contributed by atoms with Gasteiger partial charge in [-0.2, -0.15) is 0 Å². The monoisotopic (exact) mass is 182 g/mol. The Morgan fingerprint density at radius 1 is 1.62 bits per heavy atom. The topological polar surface area (TPSA) is 85.2 Å². The number of nitrogen functional groups attached to an aromatic ring is 1. The Hall–Kier alpha value is -1.78. The van der Waals surface area contributed by atoms with Gasteiger partial charge in [0.2, 0.25) is 0 Å². The minimum absolute atomic E-state index is 0.00306. The van der Waals surface area contributed by atoms with Crippen LogP contribution in [0, 0.1) is 6.92 Å². The van der Waals surface area contributed by atoms with Crippen molar-refractivity contribution >= 4 is 11.8 Å². The molecule has 13 heavy (non-hydrogen) atoms. The molecule has 0 aliphatic carbocycles. The molecule has 0 amide bonds. The van der Waals surface area contributed by atoms with Crippen molar-refractivity contribution in [2.24, 2.45) is 0 Å². The SMILES string of the molecule is COC(=O)c1c(C)cc(N)[nH]c1=O. The second-order valence-electron chi connectivity index (χ2n) is 2.60. The maximum absolute atomic E-state index is 11.2. The standard InChI is InChI=1S/C8H10N2O3/c1-4-3-5(9)10-7(11)6(4)8(12)13-2/h3H,1-2H3,(H3,9,10,11). The smallest absolute Gasteiger partial charge is 0.343 e. The summed E-state index contributed by atoms with van der Waals surface area (Å²) in [6.45, 7) is 1.62. The van der Waals surface area contributed by atoms with E-state index >= 15 is 0 Å². The third-order valence-electron chi connectivity index (χ3n) is 1.64. The van der Waals surface area contributed by atoms with Gasteiger partial charge in [0.25, 0.3) is 5.56 Å². The van der Waals surface area contributed by atoms with Gasteiger partial charge >= 0.3 is 5.97 Å². The quantitative estimate of drug-likeness (QED) is 0.601. The molecular formula is C8H10N2O3. The van der Waals surface area contributed by atoms with Crippen LogP contribution < -0.4 is 11.3 Å². The third-order valence-corrected chi connectivity index (χ3v) is 1.64. The highest BCUT2D eigenvalue weighted by Crippen LogP contribution is 2.05. The number of carbonyl (C=O) groups excluding carboxylic acids is 1. The van der Waals surface area contributed by atoms with Crippen molar-refractivity contribution in [3.63, 3.8) is 0 Å². The average Bonchev–Trinajstić information content (AvgIpc) is 2.02. The van der Waals surface area contributed by atoms with Gasteiger partial charge in [-0.25, -0.2) is 4.79 Å². The van der Waals surface area contributed by atoms with E-state index in [1.807, 2.05) is 0 Å². The van der Waals surface area contributed by atoms with Crippen molar-refractivity contribution in [1.29, 1.82) is 0 Å². The van der Waals surface area contributed by atoms with Crippen LogP contribution in [0.15, 0.2) is 10.9 Å². The molecule has 1 aromatic rings. The number of aromatic amines is 1. The van der Waals surface area contributed by atoms with E-state index in [1.165, 1.54) is 13.2 Å². The Bertz CT molecular complexity index is 395. The van der Waals surface area contributed by atoms with E-state index in [0.29, 0.717) is 5.56 Å². The van der Waals surface area contributed by atoms with Crippen LogP contribution in [-0.4, -0.2) is 18.1 Å². The fourth-order valence-electron chi connectivity index (χ4n) is 1.07. The summed E-state index contributed by atoms with van der Waals surface area (Å²) in [6.07, 6.45) is 0. The summed E-state index contributed by atoms with van der Waals surface area (Å²) in [7, 11) is 1.22. The Morgan fingerprint density at radius 2 is 2.23 bits per heavy atom. The van der Waals surface area contributed by atoms with Crippen LogP contribution in [-0.2, 0) is 4.74 Å². The van der Waals surface area contributed by atoms with Gasteiger partial charge in [-0.15, -0.1) is 0 Å². The number of aromatic nitrogens is 1. The number of methoxy groups -OCH3 is 1. The van der Waals surface area contributed by atoms with Gasteiger partial charge < -0.3 is 15.5 Å². The van der Waals surface area contributed by atoms with Crippen LogP contribution in [0.2, 0.25) is 0 Å². The summed E-state index contributed by atoms with van der Waals surface area (Å²) in [5.74, 6) is -0.422. The van der Waals surface area contributed by atoms with Crippen LogP contribution in [0.5, 0.6) is 0 Å². The first-order chi connectivity index (χ1) is 6.06. The van der Waals surface area contributed by atoms with Crippen molar-refractivity contribution in [3.8, 4) is 0 Å². The van der Waals surface area contributed by atoms with Gasteiger partial charge in [0.1, 0.15) is 11.4 Å². The van der Waals surface area contributed by atoms with Crippen molar-refractivity contribution in [1.82, 2.24) is 4.98 Å². The molecule has 0 saturated heterocycles. The fraction of sp³-hybridized carbons (Fsp3) is 0.250. The minimum Gasteiger partial charge on any atom is -0.465 e. The number of pyridine rings is 1. The molecule has 0 aliphatic heterocycles. The summed E-state index contributed by atoms with van der Waals surface area (Å²) in [6, 6.07) is 1.51. The van der Waals surface area contributed by atoms with Crippen molar-refractivity contribution in [2.75, 3.05) is 12.8 Å². The van der Waals surface area contributed by atoms with Crippen LogP contribution in [0.1, 0.15) is 15.9 Å². The Morgan fingerprint density at radius 3 is 2.69 bits per heavy atom. The molecule has 1 rings (SSSR count). The van der Waals surface area contributed by atoms with Crippen LogP contribution in [0.4, 0.5) is 5.82 Å². The molecule has 0 atom stereocenters. The number of aryl methyl sites for hydroxylation is 1. The van der Waals surface area contributed by atoms with E-state index < -0.39 is 11.5 Å². The fourth-order valence-corrected chi connectivity index (χ4v) is 1.07. The second-order valence-corrected chi connectivity index (χ2v) is 2.60. The van der Waals surface area contributed by atoms with Crippen molar-refractivity contribution in [3.05, 3.63) is 27.5 Å². The summed E-state index contributed by atoms with van der Waals surface area (Å²) < 4.78 is 4.44. The molecule has 0 aliphatic rings. The number of esters is 1. The molecule has 0 saturated carbocycles. The zero-order chi connectivity index (χ0) is 10.0. The summed E-state index contributed by atoms with van der Waals surface area (Å²) in [5, 5.41) is 0. The van der Waals surface area contributed by atoms with Gasteiger partial charge in [0.05, 0.1) is 7.11 Å². The highest BCUT2D eigenvalue weighted by atomic mass is 16.5. The maximum Gasteiger partial charge on any atom is 0.343 e. The number of H-pyrrole nitrogens is 1. The Labute approximate surface area is 74.5 Å². The third kappa shape index (κ3) is 1.69. The van der Waals surface area contributed by atoms with E-state index in [1.54, 1.807) is 6.92 Å².